The highest BCUT2D eigenvalue weighted by Crippen LogP contribution is 2.36. The predicted octanol–water partition coefficient (Wildman–Crippen LogP) is 3.95. The average Bonchev–Trinajstić information content (AvgIpc) is 3.54. The van der Waals surface area contributed by atoms with Gasteiger partial charge in [-0.3, -0.25) is 15.1 Å². The number of rotatable bonds is 6. The van der Waals surface area contributed by atoms with E-state index in [4.69, 9.17) is 16.1 Å². The maximum absolute atomic E-state index is 6.31. The van der Waals surface area contributed by atoms with Gasteiger partial charge in [0.2, 0.25) is 5.95 Å². The molecule has 1 aliphatic heterocycles. The summed E-state index contributed by atoms with van der Waals surface area (Å²) < 4.78 is 5.65. The van der Waals surface area contributed by atoms with Crippen LogP contribution in [0.4, 0.5) is 17.6 Å². The van der Waals surface area contributed by atoms with Crippen molar-refractivity contribution in [2.75, 3.05) is 16.8 Å². The van der Waals surface area contributed by atoms with Crippen LogP contribution in [0, 0.1) is 0 Å². The Morgan fingerprint density at radius 3 is 2.94 bits per heavy atom. The molecule has 0 radical (unpaired) electrons. The molecule has 1 atom stereocenters. The second-order valence-corrected chi connectivity index (χ2v) is 7.58. The molecule has 0 unspecified atom stereocenters. The maximum atomic E-state index is 6.31. The summed E-state index contributed by atoms with van der Waals surface area (Å²) >= 11 is 6.31. The number of nitrogens with zero attached hydrogens (tertiary/aromatic N) is 7. The number of hydrogen-bond donors (Lipinski definition) is 2. The molecule has 4 aromatic heterocycles. The number of aromatic amines is 1. The highest BCUT2D eigenvalue weighted by Gasteiger charge is 2.32. The maximum Gasteiger partial charge on any atom is 0.229 e. The van der Waals surface area contributed by atoms with Gasteiger partial charge in [0.15, 0.2) is 11.6 Å². The first kappa shape index (κ1) is 19.4. The molecular weight excluding hydrogens is 418 g/mol. The molecule has 0 bridgehead atoms. The average molecular weight is 438 g/mol. The van der Waals surface area contributed by atoms with E-state index < -0.39 is 0 Å². The van der Waals surface area contributed by atoms with Crippen LogP contribution in [0.5, 0.6) is 0 Å². The van der Waals surface area contributed by atoms with Crippen molar-refractivity contribution in [2.24, 2.45) is 0 Å². The molecule has 1 fully saturated rings. The molecule has 0 amide bonds. The Bertz CT molecular complexity index is 1180. The van der Waals surface area contributed by atoms with Crippen LogP contribution in [-0.4, -0.2) is 41.8 Å². The SMILES string of the molecule is CCc1cc(Nc2cc(Cl)nc(N3CCC[C@H]3c3cc(-c4cnccn4)no3)n2)n[nH]1. The standard InChI is InChI=1S/C20H20ClN9O/c1-2-12-8-19(28-27-12)25-18-10-17(21)24-20(26-18)30-7-3-4-15(30)16-9-13(29-31-16)14-11-22-5-6-23-14/h5-6,8-11,15H,2-4,7H2,1H3,(H2,24,25,26,27,28)/t15-/m0/s1. The van der Waals surface area contributed by atoms with Crippen LogP contribution in [0.3, 0.4) is 0 Å². The minimum atomic E-state index is -0.0404. The zero-order valence-corrected chi connectivity index (χ0v) is 17.5. The van der Waals surface area contributed by atoms with E-state index in [9.17, 15) is 0 Å². The van der Waals surface area contributed by atoms with Crippen molar-refractivity contribution < 1.29 is 4.52 Å². The fourth-order valence-corrected chi connectivity index (χ4v) is 3.82. The fraction of sp³-hybridized carbons (Fsp3) is 0.300. The lowest BCUT2D eigenvalue weighted by molar-refractivity contribution is 0.362. The molecule has 0 spiro atoms. The van der Waals surface area contributed by atoms with E-state index in [1.807, 2.05) is 12.1 Å². The van der Waals surface area contributed by atoms with Crippen LogP contribution < -0.4 is 10.2 Å². The molecule has 10 nitrogen and oxygen atoms in total. The summed E-state index contributed by atoms with van der Waals surface area (Å²) in [5.74, 6) is 2.52. The fourth-order valence-electron chi connectivity index (χ4n) is 3.64. The highest BCUT2D eigenvalue weighted by atomic mass is 35.5. The number of hydrogen-bond acceptors (Lipinski definition) is 9. The normalized spacial score (nSPS) is 16.1. The minimum absolute atomic E-state index is 0.0404. The lowest BCUT2D eigenvalue weighted by Gasteiger charge is -2.23. The van der Waals surface area contributed by atoms with E-state index in [2.05, 4.69) is 52.4 Å². The van der Waals surface area contributed by atoms with Crippen molar-refractivity contribution in [1.29, 1.82) is 0 Å². The van der Waals surface area contributed by atoms with Crippen molar-refractivity contribution in [3.63, 3.8) is 0 Å². The van der Waals surface area contributed by atoms with Gasteiger partial charge in [-0.2, -0.15) is 10.1 Å². The van der Waals surface area contributed by atoms with Crippen molar-refractivity contribution in [3.05, 3.63) is 53.4 Å². The molecular formula is C20H20ClN9O. The zero-order chi connectivity index (χ0) is 21.2. The van der Waals surface area contributed by atoms with E-state index in [1.54, 1.807) is 24.7 Å². The number of nitrogens with one attached hydrogen (secondary N) is 2. The van der Waals surface area contributed by atoms with E-state index in [0.29, 0.717) is 34.1 Å². The number of halogens is 1. The first-order chi connectivity index (χ1) is 15.2. The van der Waals surface area contributed by atoms with E-state index in [-0.39, 0.29) is 6.04 Å². The van der Waals surface area contributed by atoms with Gasteiger partial charge >= 0.3 is 0 Å². The van der Waals surface area contributed by atoms with Crippen LogP contribution in [0.1, 0.15) is 37.3 Å². The van der Waals surface area contributed by atoms with Gasteiger partial charge in [0.1, 0.15) is 22.4 Å². The number of aromatic nitrogens is 7. The summed E-state index contributed by atoms with van der Waals surface area (Å²) in [7, 11) is 0. The third-order valence-corrected chi connectivity index (χ3v) is 5.34. The Morgan fingerprint density at radius 1 is 1.19 bits per heavy atom. The number of anilines is 3. The molecule has 2 N–H and O–H groups in total. The first-order valence-electron chi connectivity index (χ1n) is 10.0. The summed E-state index contributed by atoms with van der Waals surface area (Å²) in [6, 6.07) is 5.47. The predicted molar refractivity (Wildman–Crippen MR) is 115 cm³/mol. The van der Waals surface area contributed by atoms with Crippen LogP contribution in [0.15, 0.2) is 41.3 Å². The summed E-state index contributed by atoms with van der Waals surface area (Å²) in [6.45, 7) is 2.84. The zero-order valence-electron chi connectivity index (χ0n) is 16.8. The quantitative estimate of drug-likeness (QED) is 0.431. The van der Waals surface area contributed by atoms with Gasteiger partial charge in [-0.1, -0.05) is 23.7 Å². The second-order valence-electron chi connectivity index (χ2n) is 7.19. The third kappa shape index (κ3) is 4.06. The topological polar surface area (TPSA) is 122 Å². The minimum Gasteiger partial charge on any atom is -0.358 e. The lowest BCUT2D eigenvalue weighted by atomic mass is 10.1. The first-order valence-corrected chi connectivity index (χ1v) is 10.4. The Morgan fingerprint density at radius 2 is 2.13 bits per heavy atom. The van der Waals surface area contributed by atoms with Crippen LogP contribution in [0.25, 0.3) is 11.4 Å². The monoisotopic (exact) mass is 437 g/mol. The molecule has 1 aliphatic rings. The molecule has 1 saturated heterocycles. The molecule has 0 aliphatic carbocycles. The molecule has 0 saturated carbocycles. The molecule has 11 heteroatoms. The summed E-state index contributed by atoms with van der Waals surface area (Å²) in [5.41, 5.74) is 2.35. The summed E-state index contributed by atoms with van der Waals surface area (Å²) in [6.07, 6.45) is 7.65. The van der Waals surface area contributed by atoms with Crippen LogP contribution in [0.2, 0.25) is 5.15 Å². The Kier molecular flexibility index (Phi) is 5.21. The Labute approximate surface area is 183 Å². The molecule has 0 aromatic carbocycles. The van der Waals surface area contributed by atoms with Gasteiger partial charge in [0, 0.05) is 42.8 Å². The van der Waals surface area contributed by atoms with Crippen molar-refractivity contribution in [2.45, 2.75) is 32.2 Å². The molecule has 5 rings (SSSR count). The third-order valence-electron chi connectivity index (χ3n) is 5.14. The number of H-pyrrole nitrogens is 1. The van der Waals surface area contributed by atoms with Crippen LogP contribution >= 0.6 is 11.6 Å². The van der Waals surface area contributed by atoms with Gasteiger partial charge in [-0.15, -0.1) is 0 Å². The van der Waals surface area contributed by atoms with E-state index >= 15 is 0 Å². The van der Waals surface area contributed by atoms with E-state index in [0.717, 1.165) is 37.3 Å². The Hall–Kier alpha value is -3.53. The summed E-state index contributed by atoms with van der Waals surface area (Å²) in [4.78, 5) is 19.6. The van der Waals surface area contributed by atoms with Crippen molar-refractivity contribution in [3.8, 4) is 11.4 Å². The van der Waals surface area contributed by atoms with Crippen molar-refractivity contribution in [1.82, 2.24) is 35.3 Å². The Balaban J connectivity index is 1.40. The van der Waals surface area contributed by atoms with Gasteiger partial charge < -0.3 is 14.7 Å². The molecule has 4 aromatic rings. The van der Waals surface area contributed by atoms with Gasteiger partial charge in [-0.05, 0) is 19.3 Å². The molecule has 158 valence electrons. The van der Waals surface area contributed by atoms with Gasteiger partial charge in [-0.25, -0.2) is 4.98 Å². The lowest BCUT2D eigenvalue weighted by Crippen LogP contribution is -2.24. The molecule has 31 heavy (non-hydrogen) atoms. The smallest absolute Gasteiger partial charge is 0.229 e. The second kappa shape index (κ2) is 8.31. The van der Waals surface area contributed by atoms with Crippen LogP contribution in [-0.2, 0) is 6.42 Å². The van der Waals surface area contributed by atoms with Gasteiger partial charge in [0.25, 0.3) is 0 Å². The largest absolute Gasteiger partial charge is 0.358 e. The van der Waals surface area contributed by atoms with E-state index in [1.165, 1.54) is 0 Å². The summed E-state index contributed by atoms with van der Waals surface area (Å²) in [5, 5.41) is 14.9. The highest BCUT2D eigenvalue weighted by molar-refractivity contribution is 6.29. The van der Waals surface area contributed by atoms with Crippen molar-refractivity contribution >= 4 is 29.2 Å². The molecule has 5 heterocycles. The van der Waals surface area contributed by atoms with Gasteiger partial charge in [0.05, 0.1) is 12.2 Å². The number of aryl methyl sites for hydroxylation is 1.